The van der Waals surface area contributed by atoms with Crippen molar-refractivity contribution in [3.63, 3.8) is 0 Å². The van der Waals surface area contributed by atoms with Gasteiger partial charge in [-0.3, -0.25) is 0 Å². The second kappa shape index (κ2) is 11.5. The van der Waals surface area contributed by atoms with Crippen LogP contribution in [0.5, 0.6) is 5.75 Å². The van der Waals surface area contributed by atoms with Gasteiger partial charge in [0.05, 0.1) is 12.3 Å². The number of unbranched alkanes of at least 4 members (excludes halogenated alkanes) is 9. The van der Waals surface area contributed by atoms with Crippen LogP contribution < -0.4 is 10.5 Å². The second-order valence-electron chi connectivity index (χ2n) is 6.07. The van der Waals surface area contributed by atoms with Crippen LogP contribution in [0.15, 0.2) is 18.2 Å². The molecular weight excluding hydrogens is 258 g/mol. The van der Waals surface area contributed by atoms with Crippen molar-refractivity contribution in [3.05, 3.63) is 23.8 Å². The maximum absolute atomic E-state index is 5.93. The van der Waals surface area contributed by atoms with E-state index in [0.717, 1.165) is 24.5 Å². The summed E-state index contributed by atoms with van der Waals surface area (Å²) in [5, 5.41) is 0. The zero-order chi connectivity index (χ0) is 15.3. The molecule has 0 aliphatic rings. The van der Waals surface area contributed by atoms with Gasteiger partial charge < -0.3 is 10.5 Å². The van der Waals surface area contributed by atoms with Gasteiger partial charge >= 0.3 is 0 Å². The molecule has 21 heavy (non-hydrogen) atoms. The quantitative estimate of drug-likeness (QED) is 0.385. The van der Waals surface area contributed by atoms with Gasteiger partial charge in [-0.1, -0.05) is 70.8 Å². The van der Waals surface area contributed by atoms with E-state index in [1.54, 1.807) is 0 Å². The van der Waals surface area contributed by atoms with Crippen LogP contribution in [0, 0.1) is 6.92 Å². The summed E-state index contributed by atoms with van der Waals surface area (Å²) >= 11 is 0. The minimum Gasteiger partial charge on any atom is -0.491 e. The summed E-state index contributed by atoms with van der Waals surface area (Å²) in [7, 11) is 0. The number of ether oxygens (including phenoxy) is 1. The number of benzene rings is 1. The van der Waals surface area contributed by atoms with Gasteiger partial charge in [0.15, 0.2) is 0 Å². The highest BCUT2D eigenvalue weighted by Crippen LogP contribution is 2.22. The number of nitrogen functional groups attached to an aromatic ring is 1. The first-order chi connectivity index (χ1) is 10.2. The first kappa shape index (κ1) is 17.9. The number of hydrogen-bond acceptors (Lipinski definition) is 2. The van der Waals surface area contributed by atoms with Crippen molar-refractivity contribution >= 4 is 5.69 Å². The first-order valence-corrected chi connectivity index (χ1v) is 8.73. The summed E-state index contributed by atoms with van der Waals surface area (Å²) < 4.78 is 5.74. The van der Waals surface area contributed by atoms with Crippen LogP contribution in [0.4, 0.5) is 5.69 Å². The van der Waals surface area contributed by atoms with E-state index in [2.05, 4.69) is 6.92 Å². The highest BCUT2D eigenvalue weighted by molar-refractivity contribution is 5.53. The Morgan fingerprint density at radius 2 is 1.43 bits per heavy atom. The Morgan fingerprint density at radius 1 is 0.857 bits per heavy atom. The van der Waals surface area contributed by atoms with Crippen LogP contribution in [0.25, 0.3) is 0 Å². The summed E-state index contributed by atoms with van der Waals surface area (Å²) in [5.74, 6) is 0.830. The number of anilines is 1. The molecule has 2 heteroatoms. The molecule has 0 saturated heterocycles. The normalized spacial score (nSPS) is 10.8. The van der Waals surface area contributed by atoms with Crippen molar-refractivity contribution in [1.82, 2.24) is 0 Å². The summed E-state index contributed by atoms with van der Waals surface area (Å²) in [6.45, 7) is 5.10. The fourth-order valence-electron chi connectivity index (χ4n) is 2.57. The topological polar surface area (TPSA) is 35.2 Å². The Hall–Kier alpha value is -1.18. The fourth-order valence-corrected chi connectivity index (χ4v) is 2.57. The van der Waals surface area contributed by atoms with Gasteiger partial charge in [-0.05, 0) is 31.0 Å². The number of nitrogens with two attached hydrogens (primary N) is 1. The Balaban J connectivity index is 1.93. The molecule has 2 N–H and O–H groups in total. The first-order valence-electron chi connectivity index (χ1n) is 8.73. The van der Waals surface area contributed by atoms with E-state index in [0.29, 0.717) is 0 Å². The van der Waals surface area contributed by atoms with E-state index in [4.69, 9.17) is 10.5 Å². The molecule has 0 atom stereocenters. The maximum atomic E-state index is 5.93. The molecule has 0 aromatic heterocycles. The molecule has 0 spiro atoms. The van der Waals surface area contributed by atoms with Gasteiger partial charge in [0.1, 0.15) is 5.75 Å². The van der Waals surface area contributed by atoms with Gasteiger partial charge in [-0.25, -0.2) is 0 Å². The Kier molecular flexibility index (Phi) is 9.77. The van der Waals surface area contributed by atoms with Crippen LogP contribution in [0.2, 0.25) is 0 Å². The van der Waals surface area contributed by atoms with Crippen molar-refractivity contribution < 1.29 is 4.74 Å². The largest absolute Gasteiger partial charge is 0.491 e. The Bertz CT molecular complexity index is 376. The number of aryl methyl sites for hydroxylation is 1. The molecule has 0 aliphatic carbocycles. The lowest BCUT2D eigenvalue weighted by Gasteiger charge is -2.09. The van der Waals surface area contributed by atoms with Crippen LogP contribution >= 0.6 is 0 Å². The average molecular weight is 291 g/mol. The minimum absolute atomic E-state index is 0.752. The van der Waals surface area contributed by atoms with Crippen LogP contribution in [0.3, 0.4) is 0 Å². The molecule has 1 rings (SSSR count). The smallest absolute Gasteiger partial charge is 0.142 e. The van der Waals surface area contributed by atoms with Crippen LogP contribution in [-0.4, -0.2) is 6.61 Å². The molecule has 0 unspecified atom stereocenters. The molecule has 1 aromatic rings. The molecule has 0 aliphatic heterocycles. The second-order valence-corrected chi connectivity index (χ2v) is 6.07. The highest BCUT2D eigenvalue weighted by Gasteiger charge is 2.00. The third-order valence-corrected chi connectivity index (χ3v) is 3.92. The summed E-state index contributed by atoms with van der Waals surface area (Å²) in [6.07, 6.45) is 13.5. The van der Waals surface area contributed by atoms with E-state index in [1.165, 1.54) is 63.4 Å². The molecule has 0 heterocycles. The number of hydrogen-bond donors (Lipinski definition) is 1. The molecule has 120 valence electrons. The van der Waals surface area contributed by atoms with Crippen LogP contribution in [-0.2, 0) is 0 Å². The molecule has 0 radical (unpaired) electrons. The maximum Gasteiger partial charge on any atom is 0.142 e. The number of rotatable bonds is 12. The van der Waals surface area contributed by atoms with Gasteiger partial charge in [0, 0.05) is 0 Å². The zero-order valence-corrected chi connectivity index (χ0v) is 14.0. The predicted molar refractivity (Wildman–Crippen MR) is 92.9 cm³/mol. The lowest BCUT2D eigenvalue weighted by Crippen LogP contribution is -2.00. The van der Waals surface area contributed by atoms with Gasteiger partial charge in [-0.2, -0.15) is 0 Å². The van der Waals surface area contributed by atoms with Crippen molar-refractivity contribution in [2.75, 3.05) is 12.3 Å². The van der Waals surface area contributed by atoms with E-state index in [1.807, 2.05) is 25.1 Å². The van der Waals surface area contributed by atoms with E-state index < -0.39 is 0 Å². The fraction of sp³-hybridized carbons (Fsp3) is 0.684. The molecule has 0 saturated carbocycles. The van der Waals surface area contributed by atoms with E-state index in [9.17, 15) is 0 Å². The van der Waals surface area contributed by atoms with Crippen molar-refractivity contribution in [1.29, 1.82) is 0 Å². The standard InChI is InChI=1S/C19H33NO/c1-3-4-5-6-7-8-9-10-11-12-15-21-19-14-13-17(2)16-18(19)20/h13-14,16H,3-12,15,20H2,1-2H3. The molecule has 0 bridgehead atoms. The van der Waals surface area contributed by atoms with Gasteiger partial charge in [-0.15, -0.1) is 0 Å². The monoisotopic (exact) mass is 291 g/mol. The molecule has 0 amide bonds. The molecule has 0 fully saturated rings. The van der Waals surface area contributed by atoms with E-state index >= 15 is 0 Å². The highest BCUT2D eigenvalue weighted by atomic mass is 16.5. The van der Waals surface area contributed by atoms with Crippen molar-refractivity contribution in [3.8, 4) is 5.75 Å². The lowest BCUT2D eigenvalue weighted by atomic mass is 10.1. The lowest BCUT2D eigenvalue weighted by molar-refractivity contribution is 0.306. The summed E-state index contributed by atoms with van der Waals surface area (Å²) in [5.41, 5.74) is 7.86. The van der Waals surface area contributed by atoms with Crippen LogP contribution in [0.1, 0.15) is 76.7 Å². The minimum atomic E-state index is 0.752. The Labute approximate surface area is 131 Å². The SMILES string of the molecule is CCCCCCCCCCCCOc1ccc(C)cc1N. The van der Waals surface area contributed by atoms with Gasteiger partial charge in [0.25, 0.3) is 0 Å². The zero-order valence-electron chi connectivity index (χ0n) is 14.0. The molecule has 2 nitrogen and oxygen atoms in total. The summed E-state index contributed by atoms with van der Waals surface area (Å²) in [6, 6.07) is 5.99. The van der Waals surface area contributed by atoms with E-state index in [-0.39, 0.29) is 0 Å². The molecule has 1 aromatic carbocycles. The third-order valence-electron chi connectivity index (χ3n) is 3.92. The predicted octanol–water partition coefficient (Wildman–Crippen LogP) is 5.88. The summed E-state index contributed by atoms with van der Waals surface area (Å²) in [4.78, 5) is 0. The third kappa shape index (κ3) is 8.64. The van der Waals surface area contributed by atoms with Gasteiger partial charge in [0.2, 0.25) is 0 Å². The molecular formula is C19H33NO. The Morgan fingerprint density at radius 3 is 2.00 bits per heavy atom. The van der Waals surface area contributed by atoms with Crippen molar-refractivity contribution in [2.45, 2.75) is 78.1 Å². The average Bonchev–Trinajstić information content (AvgIpc) is 2.46. The van der Waals surface area contributed by atoms with Crippen molar-refractivity contribution in [2.24, 2.45) is 0 Å².